The summed E-state index contributed by atoms with van der Waals surface area (Å²) in [5, 5.41) is 11.7. The lowest BCUT2D eigenvalue weighted by Crippen LogP contribution is -2.39. The molecular weight excluding hydrogens is 428 g/mol. The van der Waals surface area contributed by atoms with Gasteiger partial charge in [-0.2, -0.15) is 17.8 Å². The molecule has 0 saturated carbocycles. The molecule has 1 unspecified atom stereocenters. The first kappa shape index (κ1) is 22.4. The number of hydrogen-bond donors (Lipinski definition) is 3. The van der Waals surface area contributed by atoms with E-state index < -0.39 is 15.6 Å². The lowest BCUT2D eigenvalue weighted by molar-refractivity contribution is 0.425. The summed E-state index contributed by atoms with van der Waals surface area (Å²) in [5.41, 5.74) is 1.60. The zero-order valence-corrected chi connectivity index (χ0v) is 19.7. The van der Waals surface area contributed by atoms with Crippen molar-refractivity contribution < 1.29 is 8.42 Å². The molecule has 0 bridgehead atoms. The van der Waals surface area contributed by atoms with E-state index in [9.17, 15) is 8.42 Å². The van der Waals surface area contributed by atoms with Crippen molar-refractivity contribution in [3.63, 3.8) is 0 Å². The van der Waals surface area contributed by atoms with Gasteiger partial charge in [0.1, 0.15) is 11.6 Å². The highest BCUT2D eigenvalue weighted by molar-refractivity contribution is 7.87. The van der Waals surface area contributed by atoms with E-state index in [1.165, 1.54) is 4.31 Å². The van der Waals surface area contributed by atoms with E-state index in [4.69, 9.17) is 9.97 Å². The summed E-state index contributed by atoms with van der Waals surface area (Å²) in [5.74, 6) is 1.40. The smallest absolute Gasteiger partial charge is 0.302 e. The topological polar surface area (TPSA) is 119 Å². The van der Waals surface area contributed by atoms with Crippen LogP contribution in [0, 0.1) is 6.92 Å². The number of allylic oxidation sites excluding steroid dienone is 3. The van der Waals surface area contributed by atoms with Gasteiger partial charge in [-0.15, -0.1) is 0 Å². The zero-order chi connectivity index (χ0) is 22.9. The summed E-state index contributed by atoms with van der Waals surface area (Å²) in [7, 11) is 0.482. The molecule has 0 radical (unpaired) electrons. The van der Waals surface area contributed by atoms with Gasteiger partial charge in [-0.25, -0.2) is 9.97 Å². The Morgan fingerprint density at radius 1 is 1.25 bits per heavy atom. The first-order valence-electron chi connectivity index (χ1n) is 10.6. The molecule has 3 heterocycles. The monoisotopic (exact) mass is 458 g/mol. The van der Waals surface area contributed by atoms with Gasteiger partial charge in [-0.3, -0.25) is 9.82 Å². The minimum Gasteiger partial charge on any atom is -0.368 e. The van der Waals surface area contributed by atoms with Gasteiger partial charge in [0, 0.05) is 43.0 Å². The molecule has 11 heteroatoms. The van der Waals surface area contributed by atoms with Crippen LogP contribution in [-0.4, -0.2) is 78.1 Å². The van der Waals surface area contributed by atoms with Gasteiger partial charge in [-0.1, -0.05) is 24.3 Å². The highest BCUT2D eigenvalue weighted by Gasteiger charge is 2.31. The van der Waals surface area contributed by atoms with Gasteiger partial charge in [0.25, 0.3) is 0 Å². The first-order chi connectivity index (χ1) is 15.2. The summed E-state index contributed by atoms with van der Waals surface area (Å²) >= 11 is 0. The van der Waals surface area contributed by atoms with Crippen LogP contribution in [0.5, 0.6) is 0 Å². The van der Waals surface area contributed by atoms with Crippen molar-refractivity contribution in [1.29, 1.82) is 0 Å². The number of H-pyrrole nitrogens is 1. The molecule has 1 aliphatic heterocycles. The standard InChI is InChI=1S/C21H30N8O2S/c1-15-17-18(22-11-14-28(3)4)23-20(24-19(17)26-25-15)21(2)9-7-16(8-10-21)27-32(30,31)29-12-5-6-13-29/h5-9,27H,10-14H2,1-4H3,(H2,22,23,24,25,26). The Balaban J connectivity index is 1.56. The van der Waals surface area contributed by atoms with Crippen LogP contribution in [0.15, 0.2) is 36.1 Å². The molecule has 2 aromatic rings. The van der Waals surface area contributed by atoms with Crippen molar-refractivity contribution in [2.75, 3.05) is 45.6 Å². The van der Waals surface area contributed by atoms with Crippen LogP contribution < -0.4 is 10.0 Å². The molecule has 10 nitrogen and oxygen atoms in total. The SMILES string of the molecule is Cc1[nH]nc2nc(C3(C)C=CC(NS(=O)(=O)N4CC=CC4)=CC3)nc(NCCN(C)C)c12. The maximum Gasteiger partial charge on any atom is 0.302 e. The van der Waals surface area contributed by atoms with E-state index in [1.807, 2.05) is 52.2 Å². The molecule has 1 aliphatic carbocycles. The van der Waals surface area contributed by atoms with Crippen LogP contribution in [0.4, 0.5) is 5.82 Å². The largest absolute Gasteiger partial charge is 0.368 e. The van der Waals surface area contributed by atoms with Crippen molar-refractivity contribution in [1.82, 2.24) is 34.1 Å². The van der Waals surface area contributed by atoms with Gasteiger partial charge >= 0.3 is 10.2 Å². The van der Waals surface area contributed by atoms with E-state index in [2.05, 4.69) is 25.1 Å². The van der Waals surface area contributed by atoms with Crippen LogP contribution in [0.1, 0.15) is 24.9 Å². The Kier molecular flexibility index (Phi) is 6.06. The molecule has 0 saturated heterocycles. The molecular formula is C21H30N8O2S. The lowest BCUT2D eigenvalue weighted by atomic mass is 9.82. The predicted molar refractivity (Wildman–Crippen MR) is 125 cm³/mol. The number of anilines is 1. The maximum atomic E-state index is 12.5. The number of aromatic amines is 1. The number of hydrogen-bond acceptors (Lipinski definition) is 7. The Morgan fingerprint density at radius 2 is 2.00 bits per heavy atom. The van der Waals surface area contributed by atoms with Crippen LogP contribution in [0.2, 0.25) is 0 Å². The first-order valence-corrected chi connectivity index (χ1v) is 12.1. The third kappa shape index (κ3) is 4.54. The molecule has 1 atom stereocenters. The molecule has 32 heavy (non-hydrogen) atoms. The Hall–Kier alpha value is -2.76. The van der Waals surface area contributed by atoms with Crippen LogP contribution in [0.25, 0.3) is 11.0 Å². The molecule has 2 aliphatic rings. The van der Waals surface area contributed by atoms with Crippen LogP contribution in [0.3, 0.4) is 0 Å². The third-order valence-corrected chi connectivity index (χ3v) is 7.18. The van der Waals surface area contributed by atoms with Crippen molar-refractivity contribution in [3.05, 3.63) is 47.6 Å². The summed E-state index contributed by atoms with van der Waals surface area (Å²) in [4.78, 5) is 11.7. The van der Waals surface area contributed by atoms with E-state index >= 15 is 0 Å². The van der Waals surface area contributed by atoms with Gasteiger partial charge in [0.05, 0.1) is 5.39 Å². The number of aromatic nitrogens is 4. The number of rotatable bonds is 8. The zero-order valence-electron chi connectivity index (χ0n) is 18.9. The quantitative estimate of drug-likeness (QED) is 0.512. The van der Waals surface area contributed by atoms with E-state index in [0.29, 0.717) is 36.7 Å². The van der Waals surface area contributed by atoms with Gasteiger partial charge in [-0.05, 0) is 40.4 Å². The Morgan fingerprint density at radius 3 is 2.66 bits per heavy atom. The second-order valence-electron chi connectivity index (χ2n) is 8.68. The minimum atomic E-state index is -3.57. The third-order valence-electron chi connectivity index (χ3n) is 5.70. The second-order valence-corrected chi connectivity index (χ2v) is 10.4. The molecule has 172 valence electrons. The van der Waals surface area contributed by atoms with Gasteiger partial charge in [0.2, 0.25) is 0 Å². The Bertz CT molecular complexity index is 1190. The average molecular weight is 459 g/mol. The molecule has 4 rings (SSSR count). The molecule has 3 N–H and O–H groups in total. The van der Waals surface area contributed by atoms with E-state index in [1.54, 1.807) is 6.08 Å². The predicted octanol–water partition coefficient (Wildman–Crippen LogP) is 1.44. The average Bonchev–Trinajstić information content (AvgIpc) is 3.40. The molecule has 0 amide bonds. The van der Waals surface area contributed by atoms with Crippen molar-refractivity contribution in [2.24, 2.45) is 0 Å². The fraction of sp³-hybridized carbons (Fsp3) is 0.476. The highest BCUT2D eigenvalue weighted by Crippen LogP contribution is 2.34. The molecule has 0 spiro atoms. The van der Waals surface area contributed by atoms with E-state index in [0.717, 1.165) is 30.0 Å². The second kappa shape index (κ2) is 8.64. The van der Waals surface area contributed by atoms with Crippen LogP contribution in [-0.2, 0) is 15.6 Å². The maximum absolute atomic E-state index is 12.5. The van der Waals surface area contributed by atoms with Gasteiger partial charge in [0.15, 0.2) is 5.65 Å². The summed E-state index contributed by atoms with van der Waals surface area (Å²) < 4.78 is 29.1. The number of aryl methyl sites for hydroxylation is 1. The highest BCUT2D eigenvalue weighted by atomic mass is 32.2. The fourth-order valence-electron chi connectivity index (χ4n) is 3.69. The molecule has 0 fully saturated rings. The molecule has 0 aromatic carbocycles. The number of likely N-dealkylation sites (N-methyl/N-ethyl adjacent to an activating group) is 1. The number of nitrogens with zero attached hydrogens (tertiary/aromatic N) is 5. The van der Waals surface area contributed by atoms with Crippen molar-refractivity contribution >= 4 is 27.1 Å². The normalized spacial score (nSPS) is 21.5. The molecule has 2 aromatic heterocycles. The summed E-state index contributed by atoms with van der Waals surface area (Å²) in [6.45, 7) is 6.39. The number of nitrogens with one attached hydrogen (secondary N) is 3. The Labute approximate surface area is 188 Å². The summed E-state index contributed by atoms with van der Waals surface area (Å²) in [6.07, 6.45) is 9.87. The van der Waals surface area contributed by atoms with Crippen molar-refractivity contribution in [3.8, 4) is 0 Å². The number of fused-ring (bicyclic) bond motifs is 1. The summed E-state index contributed by atoms with van der Waals surface area (Å²) in [6, 6.07) is 0. The fourth-order valence-corrected chi connectivity index (χ4v) is 4.83. The minimum absolute atomic E-state index is 0.393. The van der Waals surface area contributed by atoms with Gasteiger partial charge < -0.3 is 10.2 Å². The van der Waals surface area contributed by atoms with E-state index in [-0.39, 0.29) is 0 Å². The van der Waals surface area contributed by atoms with Crippen LogP contribution >= 0.6 is 0 Å². The lowest BCUT2D eigenvalue weighted by Gasteiger charge is -2.27. The van der Waals surface area contributed by atoms with Crippen molar-refractivity contribution in [2.45, 2.75) is 25.7 Å².